The third-order valence-corrected chi connectivity index (χ3v) is 4.20. The first-order chi connectivity index (χ1) is 9.97. The third-order valence-electron chi connectivity index (χ3n) is 2.96. The Kier molecular flexibility index (Phi) is 5.42. The van der Waals surface area contributed by atoms with Crippen LogP contribution >= 0.6 is 11.8 Å². The van der Waals surface area contributed by atoms with Crippen LogP contribution in [-0.2, 0) is 6.54 Å². The van der Waals surface area contributed by atoms with Gasteiger partial charge in [0.2, 0.25) is 0 Å². The van der Waals surface area contributed by atoms with E-state index in [-0.39, 0.29) is 4.90 Å². The van der Waals surface area contributed by atoms with Gasteiger partial charge in [0.25, 0.3) is 0 Å². The van der Waals surface area contributed by atoms with Crippen molar-refractivity contribution in [3.8, 4) is 0 Å². The van der Waals surface area contributed by atoms with Crippen molar-refractivity contribution in [3.63, 3.8) is 0 Å². The normalized spacial score (nSPS) is 11.3. The van der Waals surface area contributed by atoms with E-state index in [1.807, 2.05) is 0 Å². The molecule has 0 aliphatic rings. The Morgan fingerprint density at radius 3 is 2.43 bits per heavy atom. The van der Waals surface area contributed by atoms with Crippen molar-refractivity contribution in [2.24, 2.45) is 5.92 Å². The monoisotopic (exact) mass is 311 g/mol. The quantitative estimate of drug-likeness (QED) is 0.832. The summed E-state index contributed by atoms with van der Waals surface area (Å²) in [6.07, 6.45) is 1.51. The van der Waals surface area contributed by atoms with Crippen LogP contribution in [0.5, 0.6) is 0 Å². The van der Waals surface area contributed by atoms with E-state index >= 15 is 0 Å². The first-order valence-electron chi connectivity index (χ1n) is 6.88. The maximum Gasteiger partial charge on any atom is 0.140 e. The minimum absolute atomic E-state index is 0.00658. The van der Waals surface area contributed by atoms with Gasteiger partial charge in [0.15, 0.2) is 0 Å². The highest BCUT2D eigenvalue weighted by atomic mass is 32.2. The van der Waals surface area contributed by atoms with Gasteiger partial charge < -0.3 is 9.73 Å². The van der Waals surface area contributed by atoms with E-state index in [2.05, 4.69) is 19.2 Å². The molecule has 0 unspecified atom stereocenters. The van der Waals surface area contributed by atoms with Crippen LogP contribution in [0.3, 0.4) is 0 Å². The van der Waals surface area contributed by atoms with Crippen LogP contribution in [0.25, 0.3) is 0 Å². The van der Waals surface area contributed by atoms with Gasteiger partial charge in [-0.2, -0.15) is 0 Å². The number of hydrogen-bond donors (Lipinski definition) is 1. The van der Waals surface area contributed by atoms with Crippen LogP contribution in [0.4, 0.5) is 8.78 Å². The van der Waals surface area contributed by atoms with Crippen molar-refractivity contribution in [2.75, 3.05) is 6.54 Å². The molecule has 0 fully saturated rings. The molecule has 0 bridgehead atoms. The van der Waals surface area contributed by atoms with Crippen molar-refractivity contribution < 1.29 is 13.2 Å². The lowest BCUT2D eigenvalue weighted by atomic mass is 10.2. The lowest BCUT2D eigenvalue weighted by Crippen LogP contribution is -2.19. The molecule has 0 aliphatic carbocycles. The Morgan fingerprint density at radius 2 is 1.90 bits per heavy atom. The SMILES string of the molecule is Cc1occc1Sc1c(F)cc(CNCC(C)C)cc1F. The maximum absolute atomic E-state index is 14.1. The fourth-order valence-electron chi connectivity index (χ4n) is 1.91. The molecular formula is C16H19F2NOS. The summed E-state index contributed by atoms with van der Waals surface area (Å²) in [6, 6.07) is 4.47. The maximum atomic E-state index is 14.1. The van der Waals surface area contributed by atoms with Gasteiger partial charge in [-0.05, 0) is 43.1 Å². The van der Waals surface area contributed by atoms with Crippen LogP contribution in [0.15, 0.2) is 38.7 Å². The molecule has 2 rings (SSSR count). The molecule has 2 nitrogen and oxygen atoms in total. The van der Waals surface area contributed by atoms with E-state index in [9.17, 15) is 8.78 Å². The lowest BCUT2D eigenvalue weighted by Gasteiger charge is -2.10. The standard InChI is InChI=1S/C16H19F2NOS/c1-10(2)8-19-9-12-6-13(17)16(14(18)7-12)21-15-4-5-20-11(15)3/h4-7,10,19H,8-9H2,1-3H3. The van der Waals surface area contributed by atoms with E-state index in [0.717, 1.165) is 23.2 Å². The topological polar surface area (TPSA) is 25.2 Å². The molecule has 0 saturated carbocycles. The molecule has 0 atom stereocenters. The number of furan rings is 1. The third kappa shape index (κ3) is 4.32. The highest BCUT2D eigenvalue weighted by Crippen LogP contribution is 2.34. The molecule has 1 aromatic carbocycles. The van der Waals surface area contributed by atoms with Crippen LogP contribution in [0.1, 0.15) is 25.2 Å². The molecule has 21 heavy (non-hydrogen) atoms. The zero-order valence-corrected chi connectivity index (χ0v) is 13.2. The van der Waals surface area contributed by atoms with Crippen molar-refractivity contribution in [2.45, 2.75) is 37.1 Å². The van der Waals surface area contributed by atoms with Gasteiger partial charge in [-0.1, -0.05) is 25.6 Å². The van der Waals surface area contributed by atoms with E-state index in [4.69, 9.17) is 4.42 Å². The van der Waals surface area contributed by atoms with E-state index in [1.54, 1.807) is 13.0 Å². The summed E-state index contributed by atoms with van der Waals surface area (Å²) in [7, 11) is 0. The zero-order valence-electron chi connectivity index (χ0n) is 12.4. The smallest absolute Gasteiger partial charge is 0.140 e. The summed E-state index contributed by atoms with van der Waals surface area (Å²) < 4.78 is 33.3. The first-order valence-corrected chi connectivity index (χ1v) is 7.69. The summed E-state index contributed by atoms with van der Waals surface area (Å²) in [4.78, 5) is 0.727. The molecule has 5 heteroatoms. The fraction of sp³-hybridized carbons (Fsp3) is 0.375. The molecule has 114 valence electrons. The van der Waals surface area contributed by atoms with Gasteiger partial charge >= 0.3 is 0 Å². The molecule has 0 radical (unpaired) electrons. The number of rotatable bonds is 6. The second-order valence-corrected chi connectivity index (χ2v) is 6.41. The minimum atomic E-state index is -0.540. The molecular weight excluding hydrogens is 292 g/mol. The van der Waals surface area contributed by atoms with Crippen molar-refractivity contribution in [3.05, 3.63) is 47.4 Å². The molecule has 1 aromatic heterocycles. The van der Waals surface area contributed by atoms with Crippen molar-refractivity contribution in [1.82, 2.24) is 5.32 Å². The summed E-state index contributed by atoms with van der Waals surface area (Å²) >= 11 is 1.05. The average molecular weight is 311 g/mol. The van der Waals surface area contributed by atoms with E-state index < -0.39 is 11.6 Å². The second-order valence-electron chi connectivity index (χ2n) is 5.36. The highest BCUT2D eigenvalue weighted by molar-refractivity contribution is 7.99. The number of aryl methyl sites for hydroxylation is 1. The number of hydrogen-bond acceptors (Lipinski definition) is 3. The van der Waals surface area contributed by atoms with Gasteiger partial charge in [0.1, 0.15) is 17.4 Å². The predicted octanol–water partition coefficient (Wildman–Crippen LogP) is 4.76. The van der Waals surface area contributed by atoms with Gasteiger partial charge in [0, 0.05) is 6.54 Å². The highest BCUT2D eigenvalue weighted by Gasteiger charge is 2.15. The number of benzene rings is 1. The van der Waals surface area contributed by atoms with Crippen molar-refractivity contribution >= 4 is 11.8 Å². The summed E-state index contributed by atoms with van der Waals surface area (Å²) in [5.74, 6) is 0.0731. The van der Waals surface area contributed by atoms with Gasteiger partial charge in [-0.3, -0.25) is 0 Å². The molecule has 0 spiro atoms. The molecule has 0 saturated heterocycles. The molecule has 2 aromatic rings. The summed E-state index contributed by atoms with van der Waals surface area (Å²) in [6.45, 7) is 7.21. The van der Waals surface area contributed by atoms with Crippen LogP contribution in [-0.4, -0.2) is 6.54 Å². The Balaban J connectivity index is 2.12. The largest absolute Gasteiger partial charge is 0.468 e. The molecule has 1 heterocycles. The van der Waals surface area contributed by atoms with Crippen LogP contribution in [0, 0.1) is 24.5 Å². The Labute approximate surface area is 127 Å². The van der Waals surface area contributed by atoms with Gasteiger partial charge in [-0.25, -0.2) is 8.78 Å². The van der Waals surface area contributed by atoms with Gasteiger partial charge in [0.05, 0.1) is 16.1 Å². The van der Waals surface area contributed by atoms with E-state index in [1.165, 1.54) is 18.4 Å². The number of nitrogens with one attached hydrogen (secondary N) is 1. The lowest BCUT2D eigenvalue weighted by molar-refractivity contribution is 0.523. The molecule has 0 amide bonds. The summed E-state index contributed by atoms with van der Waals surface area (Å²) in [5.41, 5.74) is 0.610. The average Bonchev–Trinajstić information content (AvgIpc) is 2.79. The summed E-state index contributed by atoms with van der Waals surface area (Å²) in [5, 5.41) is 3.17. The minimum Gasteiger partial charge on any atom is -0.468 e. The zero-order chi connectivity index (χ0) is 15.4. The van der Waals surface area contributed by atoms with Gasteiger partial charge in [-0.15, -0.1) is 0 Å². The predicted molar refractivity (Wildman–Crippen MR) is 80.5 cm³/mol. The van der Waals surface area contributed by atoms with Crippen LogP contribution in [0.2, 0.25) is 0 Å². The Hall–Kier alpha value is -1.33. The Morgan fingerprint density at radius 1 is 1.24 bits per heavy atom. The second kappa shape index (κ2) is 7.09. The first kappa shape index (κ1) is 16.0. The molecule has 0 aliphatic heterocycles. The van der Waals surface area contributed by atoms with E-state index in [0.29, 0.717) is 23.8 Å². The Bertz CT molecular complexity index is 587. The fourth-order valence-corrected chi connectivity index (χ4v) is 2.75. The van der Waals surface area contributed by atoms with Crippen molar-refractivity contribution in [1.29, 1.82) is 0 Å². The number of halogens is 2. The molecule has 1 N–H and O–H groups in total. The van der Waals surface area contributed by atoms with Crippen LogP contribution < -0.4 is 5.32 Å².